The van der Waals surface area contributed by atoms with Crippen LogP contribution in [-0.2, 0) is 10.2 Å². The van der Waals surface area contributed by atoms with Gasteiger partial charge >= 0.3 is 0 Å². The molecule has 6 nitrogen and oxygen atoms in total. The molecule has 0 atom stereocenters. The molecular formula is C14H18N4O2S. The van der Waals surface area contributed by atoms with Crippen LogP contribution in [0.25, 0.3) is 12.2 Å². The van der Waals surface area contributed by atoms with Crippen LogP contribution >= 0.6 is 11.3 Å². The molecule has 0 radical (unpaired) electrons. The molecule has 2 aromatic rings. The lowest BCUT2D eigenvalue weighted by atomic mass is 9.94. The predicted molar refractivity (Wildman–Crippen MR) is 83.9 cm³/mol. The van der Waals surface area contributed by atoms with Crippen LogP contribution in [0.2, 0.25) is 0 Å². The van der Waals surface area contributed by atoms with E-state index in [1.807, 2.05) is 6.08 Å². The number of hydrogen-bond donors (Lipinski definition) is 2. The van der Waals surface area contributed by atoms with Gasteiger partial charge in [0.1, 0.15) is 5.76 Å². The standard InChI is InChI=1S/C14H18N4O2S/c1-14(2,3)10-7-16-12(20-10)5-4-9-6-17-13(21-9)18-8-11(15)19/h4-7H,8H2,1-3H3,(H2,15,19)(H,17,18). The second kappa shape index (κ2) is 6.09. The van der Waals surface area contributed by atoms with E-state index in [2.05, 4.69) is 36.1 Å². The minimum Gasteiger partial charge on any atom is -0.441 e. The van der Waals surface area contributed by atoms with Crippen molar-refractivity contribution in [1.82, 2.24) is 9.97 Å². The second-order valence-corrected chi connectivity index (χ2v) is 6.60. The highest BCUT2D eigenvalue weighted by Crippen LogP contribution is 2.24. The highest BCUT2D eigenvalue weighted by Gasteiger charge is 2.18. The molecule has 0 bridgehead atoms. The number of nitrogens with one attached hydrogen (secondary N) is 1. The predicted octanol–water partition coefficient (Wildman–Crippen LogP) is 2.50. The first-order valence-corrected chi connectivity index (χ1v) is 7.28. The van der Waals surface area contributed by atoms with Gasteiger partial charge in [-0.3, -0.25) is 4.79 Å². The number of anilines is 1. The Bertz CT molecular complexity index is 652. The molecule has 0 aliphatic heterocycles. The Morgan fingerprint density at radius 1 is 1.38 bits per heavy atom. The van der Waals surface area contributed by atoms with Crippen LogP contribution in [0.15, 0.2) is 16.8 Å². The zero-order valence-electron chi connectivity index (χ0n) is 12.2. The molecule has 0 aliphatic carbocycles. The Morgan fingerprint density at radius 2 is 2.14 bits per heavy atom. The van der Waals surface area contributed by atoms with Crippen LogP contribution in [0, 0.1) is 0 Å². The van der Waals surface area contributed by atoms with Crippen molar-refractivity contribution in [2.45, 2.75) is 26.2 Å². The van der Waals surface area contributed by atoms with Crippen molar-refractivity contribution in [3.8, 4) is 0 Å². The van der Waals surface area contributed by atoms with Crippen LogP contribution in [0.3, 0.4) is 0 Å². The van der Waals surface area contributed by atoms with Crippen molar-refractivity contribution in [2.24, 2.45) is 5.73 Å². The zero-order chi connectivity index (χ0) is 15.5. The number of carbonyl (C=O) groups excluding carboxylic acids is 1. The average Bonchev–Trinajstić information content (AvgIpc) is 3.02. The van der Waals surface area contributed by atoms with E-state index in [-0.39, 0.29) is 12.0 Å². The molecule has 0 saturated carbocycles. The zero-order valence-corrected chi connectivity index (χ0v) is 13.0. The Balaban J connectivity index is 2.01. The highest BCUT2D eigenvalue weighted by molar-refractivity contribution is 7.16. The van der Waals surface area contributed by atoms with E-state index in [0.29, 0.717) is 11.0 Å². The van der Waals surface area contributed by atoms with E-state index in [9.17, 15) is 4.79 Å². The lowest BCUT2D eigenvalue weighted by Crippen LogP contribution is -2.21. The molecule has 0 saturated heterocycles. The third kappa shape index (κ3) is 4.42. The minimum atomic E-state index is -0.420. The van der Waals surface area contributed by atoms with Gasteiger partial charge in [-0.2, -0.15) is 0 Å². The number of amides is 1. The molecule has 0 spiro atoms. The van der Waals surface area contributed by atoms with Gasteiger partial charge in [-0.15, -0.1) is 0 Å². The number of hydrogen-bond acceptors (Lipinski definition) is 6. The van der Waals surface area contributed by atoms with Gasteiger partial charge in [-0.25, -0.2) is 9.97 Å². The molecule has 1 amide bonds. The van der Waals surface area contributed by atoms with Crippen molar-refractivity contribution in [3.63, 3.8) is 0 Å². The number of nitrogens with two attached hydrogens (primary N) is 1. The molecule has 0 aromatic carbocycles. The quantitative estimate of drug-likeness (QED) is 0.885. The van der Waals surface area contributed by atoms with Crippen LogP contribution in [0.4, 0.5) is 5.13 Å². The maximum absolute atomic E-state index is 10.7. The lowest BCUT2D eigenvalue weighted by molar-refractivity contribution is -0.116. The van der Waals surface area contributed by atoms with Crippen molar-refractivity contribution < 1.29 is 9.21 Å². The summed E-state index contributed by atoms with van der Waals surface area (Å²) in [6.07, 6.45) is 7.11. The van der Waals surface area contributed by atoms with Gasteiger partial charge < -0.3 is 15.5 Å². The smallest absolute Gasteiger partial charge is 0.236 e. The minimum absolute atomic E-state index is 0.0601. The first-order chi connectivity index (χ1) is 9.84. The van der Waals surface area contributed by atoms with Crippen molar-refractivity contribution >= 4 is 34.5 Å². The Labute approximate surface area is 127 Å². The molecule has 21 heavy (non-hydrogen) atoms. The lowest BCUT2D eigenvalue weighted by Gasteiger charge is -2.12. The summed E-state index contributed by atoms with van der Waals surface area (Å²) in [5, 5.41) is 3.50. The molecule has 2 heterocycles. The maximum atomic E-state index is 10.7. The highest BCUT2D eigenvalue weighted by atomic mass is 32.1. The molecular weight excluding hydrogens is 288 g/mol. The van der Waals surface area contributed by atoms with Gasteiger partial charge in [0, 0.05) is 22.6 Å². The molecule has 2 aromatic heterocycles. The van der Waals surface area contributed by atoms with Crippen LogP contribution in [0.5, 0.6) is 0 Å². The summed E-state index contributed by atoms with van der Waals surface area (Å²) in [6, 6.07) is 0. The first kappa shape index (κ1) is 15.2. The fourth-order valence-corrected chi connectivity index (χ4v) is 2.19. The summed E-state index contributed by atoms with van der Waals surface area (Å²) in [6.45, 7) is 6.29. The largest absolute Gasteiger partial charge is 0.441 e. The van der Waals surface area contributed by atoms with Crippen molar-refractivity contribution in [3.05, 3.63) is 28.9 Å². The molecule has 0 fully saturated rings. The maximum Gasteiger partial charge on any atom is 0.236 e. The molecule has 2 rings (SSSR count). The van der Waals surface area contributed by atoms with E-state index in [4.69, 9.17) is 10.2 Å². The van der Waals surface area contributed by atoms with E-state index in [0.717, 1.165) is 10.6 Å². The summed E-state index contributed by atoms with van der Waals surface area (Å²) in [5.74, 6) is 0.979. The molecule has 112 valence electrons. The third-order valence-corrected chi connectivity index (χ3v) is 3.51. The monoisotopic (exact) mass is 306 g/mol. The van der Waals surface area contributed by atoms with Crippen LogP contribution in [0.1, 0.15) is 37.3 Å². The van der Waals surface area contributed by atoms with E-state index < -0.39 is 5.91 Å². The summed E-state index contributed by atoms with van der Waals surface area (Å²) in [5.41, 5.74) is 5.00. The summed E-state index contributed by atoms with van der Waals surface area (Å²) < 4.78 is 5.67. The van der Waals surface area contributed by atoms with Gasteiger partial charge in [0.25, 0.3) is 0 Å². The molecule has 0 aliphatic rings. The fourth-order valence-electron chi connectivity index (χ4n) is 1.47. The van der Waals surface area contributed by atoms with Gasteiger partial charge in [0.15, 0.2) is 5.13 Å². The van der Waals surface area contributed by atoms with Gasteiger partial charge in [-0.1, -0.05) is 32.1 Å². The number of primary amides is 1. The van der Waals surface area contributed by atoms with Crippen molar-refractivity contribution in [2.75, 3.05) is 11.9 Å². The van der Waals surface area contributed by atoms with Gasteiger partial charge in [0.05, 0.1) is 12.7 Å². The number of carbonyl (C=O) groups is 1. The SMILES string of the molecule is CC(C)(C)c1cnc(C=Cc2cnc(NCC(N)=O)s2)o1. The fraction of sp³-hybridized carbons (Fsp3) is 0.357. The first-order valence-electron chi connectivity index (χ1n) is 6.47. The summed E-state index contributed by atoms with van der Waals surface area (Å²) >= 11 is 1.42. The average molecular weight is 306 g/mol. The van der Waals surface area contributed by atoms with Gasteiger partial charge in [-0.05, 0) is 6.08 Å². The topological polar surface area (TPSA) is 94.0 Å². The van der Waals surface area contributed by atoms with Crippen LogP contribution in [-0.4, -0.2) is 22.4 Å². The number of thiazole rings is 1. The van der Waals surface area contributed by atoms with E-state index in [1.165, 1.54) is 11.3 Å². The third-order valence-electron chi connectivity index (χ3n) is 2.59. The molecule has 3 N–H and O–H groups in total. The van der Waals surface area contributed by atoms with Crippen LogP contribution < -0.4 is 11.1 Å². The summed E-state index contributed by atoms with van der Waals surface area (Å²) in [7, 11) is 0. The van der Waals surface area contributed by atoms with Gasteiger partial charge in [0.2, 0.25) is 11.8 Å². The molecule has 7 heteroatoms. The molecule has 0 unspecified atom stereocenters. The number of aromatic nitrogens is 2. The second-order valence-electron chi connectivity index (χ2n) is 5.53. The number of oxazole rings is 1. The van der Waals surface area contributed by atoms with Crippen molar-refractivity contribution in [1.29, 1.82) is 0 Å². The Kier molecular flexibility index (Phi) is 4.42. The summed E-state index contributed by atoms with van der Waals surface area (Å²) in [4.78, 5) is 20.0. The Morgan fingerprint density at radius 3 is 2.76 bits per heavy atom. The Hall–Kier alpha value is -2.15. The number of nitrogens with zero attached hydrogens (tertiary/aromatic N) is 2. The van der Waals surface area contributed by atoms with E-state index >= 15 is 0 Å². The normalized spacial score (nSPS) is 12.0. The number of rotatable bonds is 5. The van der Waals surface area contributed by atoms with E-state index in [1.54, 1.807) is 18.5 Å².